The molecule has 1 N–H and O–H groups in total. The van der Waals surface area contributed by atoms with Gasteiger partial charge in [0.25, 0.3) is 0 Å². The fraction of sp³-hybridized carbons (Fsp3) is 0.143. The number of aliphatic hydroxyl groups excluding tert-OH is 1. The lowest BCUT2D eigenvalue weighted by Crippen LogP contribution is -2.41. The summed E-state index contributed by atoms with van der Waals surface area (Å²) in [7, 11) is 0. The maximum atomic E-state index is 10.5. The van der Waals surface area contributed by atoms with Crippen LogP contribution >= 0.6 is 0 Å². The number of pyridine rings is 3. The maximum Gasteiger partial charge on any atom is 0.313 e. The molecule has 0 aliphatic carbocycles. The van der Waals surface area contributed by atoms with Crippen LogP contribution in [-0.4, -0.2) is 38.3 Å². The Morgan fingerprint density at radius 3 is 2.63 bits per heavy atom. The lowest BCUT2D eigenvalue weighted by molar-refractivity contribution is -0.691. The zero-order valence-corrected chi connectivity index (χ0v) is 14.8. The Balaban J connectivity index is 1.57. The molecule has 0 saturated heterocycles. The molecule has 0 aliphatic rings. The number of imidazole rings is 1. The Hall–Kier alpha value is -3.38. The minimum atomic E-state index is -0.616. The van der Waals surface area contributed by atoms with E-state index in [1.54, 1.807) is 18.6 Å². The molecule has 1 unspecified atom stereocenters. The molecule has 4 rings (SSSR count). The van der Waals surface area contributed by atoms with Crippen LogP contribution in [0.2, 0.25) is 0 Å². The smallest absolute Gasteiger partial charge is 0.313 e. The first-order valence-corrected chi connectivity index (χ1v) is 8.81. The Morgan fingerprint density at radius 2 is 1.85 bits per heavy atom. The largest absolute Gasteiger partial charge is 0.387 e. The van der Waals surface area contributed by atoms with E-state index in [0.29, 0.717) is 13.1 Å². The molecule has 0 aromatic carbocycles. The number of fused-ring (bicyclic) bond motifs is 1. The fourth-order valence-corrected chi connectivity index (χ4v) is 3.02. The van der Waals surface area contributed by atoms with Gasteiger partial charge in [-0.15, -0.1) is 0 Å². The highest BCUT2D eigenvalue weighted by atomic mass is 16.3. The van der Waals surface area contributed by atoms with E-state index in [-0.39, 0.29) is 0 Å². The highest BCUT2D eigenvalue weighted by molar-refractivity contribution is 5.76. The number of aromatic nitrogens is 4. The SMILES string of the molecule is OC(CN=Cc1ccccn1)C[n+]1cc2ccccn2c1-c1ccccn1. The first-order valence-electron chi connectivity index (χ1n) is 8.81. The average Bonchev–Trinajstić information content (AvgIpc) is 3.07. The number of nitrogens with zero attached hydrogens (tertiary/aromatic N) is 5. The molecule has 134 valence electrons. The van der Waals surface area contributed by atoms with Crippen LogP contribution in [0.15, 0.2) is 84.4 Å². The Labute approximate surface area is 157 Å². The van der Waals surface area contributed by atoms with Crippen LogP contribution in [0.5, 0.6) is 0 Å². The molecule has 0 saturated carbocycles. The highest BCUT2D eigenvalue weighted by Crippen LogP contribution is 2.16. The first kappa shape index (κ1) is 17.1. The van der Waals surface area contributed by atoms with E-state index < -0.39 is 6.10 Å². The second-order valence-corrected chi connectivity index (χ2v) is 6.22. The summed E-state index contributed by atoms with van der Waals surface area (Å²) in [5.41, 5.74) is 2.68. The van der Waals surface area contributed by atoms with Crippen molar-refractivity contribution in [3.8, 4) is 11.5 Å². The first-order chi connectivity index (χ1) is 13.3. The van der Waals surface area contributed by atoms with Crippen molar-refractivity contribution in [2.24, 2.45) is 4.99 Å². The second kappa shape index (κ2) is 7.88. The molecule has 4 aromatic heterocycles. The summed E-state index contributed by atoms with van der Waals surface area (Å²) in [5.74, 6) is 0.930. The van der Waals surface area contributed by atoms with Crippen LogP contribution in [0.25, 0.3) is 17.0 Å². The highest BCUT2D eigenvalue weighted by Gasteiger charge is 2.22. The summed E-state index contributed by atoms with van der Waals surface area (Å²) in [6, 6.07) is 17.5. The van der Waals surface area contributed by atoms with Gasteiger partial charge < -0.3 is 5.11 Å². The van der Waals surface area contributed by atoms with Crippen LogP contribution < -0.4 is 4.57 Å². The van der Waals surface area contributed by atoms with Gasteiger partial charge >= 0.3 is 5.82 Å². The van der Waals surface area contributed by atoms with Crippen LogP contribution in [0.1, 0.15) is 5.69 Å². The quantitative estimate of drug-likeness (QED) is 0.424. The van der Waals surface area contributed by atoms with Crippen LogP contribution in [0.4, 0.5) is 0 Å². The van der Waals surface area contributed by atoms with Gasteiger partial charge in [0.1, 0.15) is 18.8 Å². The van der Waals surface area contributed by atoms with E-state index in [9.17, 15) is 5.11 Å². The van der Waals surface area contributed by atoms with Crippen molar-refractivity contribution >= 4 is 11.7 Å². The molecule has 6 nitrogen and oxygen atoms in total. The van der Waals surface area contributed by atoms with Gasteiger partial charge in [0.2, 0.25) is 0 Å². The van der Waals surface area contributed by atoms with E-state index >= 15 is 0 Å². The fourth-order valence-electron chi connectivity index (χ4n) is 3.02. The molecular formula is C21H20N5O+. The van der Waals surface area contributed by atoms with Gasteiger partial charge in [-0.05, 0) is 36.4 Å². The summed E-state index contributed by atoms with van der Waals surface area (Å²) in [4.78, 5) is 13.0. The van der Waals surface area contributed by atoms with E-state index in [2.05, 4.69) is 19.4 Å². The molecule has 6 heteroatoms. The predicted molar refractivity (Wildman–Crippen MR) is 104 cm³/mol. The zero-order valence-electron chi connectivity index (χ0n) is 14.8. The summed E-state index contributed by atoms with van der Waals surface area (Å²) in [5, 5.41) is 10.5. The number of aliphatic hydroxyl groups is 1. The molecule has 0 bridgehead atoms. The van der Waals surface area contributed by atoms with Crippen molar-refractivity contribution in [2.75, 3.05) is 6.54 Å². The summed E-state index contributed by atoms with van der Waals surface area (Å²) < 4.78 is 4.10. The van der Waals surface area contributed by atoms with Gasteiger partial charge in [-0.25, -0.2) is 9.55 Å². The van der Waals surface area contributed by atoms with Crippen LogP contribution in [0.3, 0.4) is 0 Å². The van der Waals surface area contributed by atoms with Gasteiger partial charge in [0, 0.05) is 18.6 Å². The molecule has 0 amide bonds. The molecule has 27 heavy (non-hydrogen) atoms. The van der Waals surface area contributed by atoms with Gasteiger partial charge in [-0.2, -0.15) is 4.40 Å². The molecular weight excluding hydrogens is 338 g/mol. The number of hydrogen-bond acceptors (Lipinski definition) is 4. The Morgan fingerprint density at radius 1 is 1.04 bits per heavy atom. The average molecular weight is 358 g/mol. The third kappa shape index (κ3) is 3.91. The van der Waals surface area contributed by atoms with Crippen molar-refractivity contribution in [2.45, 2.75) is 12.6 Å². The molecule has 0 aliphatic heterocycles. The number of aliphatic imine (C=N–C) groups is 1. The van der Waals surface area contributed by atoms with E-state index in [4.69, 9.17) is 0 Å². The summed E-state index contributed by atoms with van der Waals surface area (Å²) in [6.07, 6.45) is 8.59. The third-order valence-electron chi connectivity index (χ3n) is 4.21. The van der Waals surface area contributed by atoms with Crippen molar-refractivity contribution in [1.29, 1.82) is 0 Å². The minimum Gasteiger partial charge on any atom is -0.387 e. The van der Waals surface area contributed by atoms with Crippen LogP contribution in [-0.2, 0) is 6.54 Å². The normalized spacial score (nSPS) is 12.6. The van der Waals surface area contributed by atoms with Crippen molar-refractivity contribution in [3.05, 3.63) is 85.1 Å². The second-order valence-electron chi connectivity index (χ2n) is 6.22. The lowest BCUT2D eigenvalue weighted by Gasteiger charge is -2.06. The molecule has 4 aromatic rings. The van der Waals surface area contributed by atoms with Gasteiger partial charge in [-0.3, -0.25) is 9.98 Å². The van der Waals surface area contributed by atoms with Crippen LogP contribution in [0, 0.1) is 0 Å². The molecule has 0 radical (unpaired) electrons. The Kier molecular flexibility index (Phi) is 4.98. The van der Waals surface area contributed by atoms with Gasteiger partial charge in [0.15, 0.2) is 11.2 Å². The van der Waals surface area contributed by atoms with Gasteiger partial charge in [-0.1, -0.05) is 18.2 Å². The molecule has 0 spiro atoms. The number of rotatable bonds is 6. The topological polar surface area (TPSA) is 66.7 Å². The Bertz CT molecular complexity index is 1040. The van der Waals surface area contributed by atoms with Crippen molar-refractivity contribution < 1.29 is 9.67 Å². The predicted octanol–water partition coefficient (Wildman–Crippen LogP) is 2.16. The molecule has 1 atom stereocenters. The van der Waals surface area contributed by atoms with E-state index in [1.807, 2.05) is 71.6 Å². The molecule has 0 fully saturated rings. The van der Waals surface area contributed by atoms with Crippen molar-refractivity contribution in [3.63, 3.8) is 0 Å². The standard InChI is InChI=1S/C21H20N5O/c27-19(14-22-13-17-7-1-4-10-23-17)16-25-15-18-8-3-6-12-26(18)21(25)20-9-2-5-11-24-20/h1-13,15,19,27H,14,16H2/q+1. The van der Waals surface area contributed by atoms with E-state index in [0.717, 1.165) is 22.7 Å². The van der Waals surface area contributed by atoms with Crippen molar-refractivity contribution in [1.82, 2.24) is 14.4 Å². The number of hydrogen-bond donors (Lipinski definition) is 1. The minimum absolute atomic E-state index is 0.303. The lowest BCUT2D eigenvalue weighted by atomic mass is 10.3. The molecule has 4 heterocycles. The summed E-state index contributed by atoms with van der Waals surface area (Å²) >= 11 is 0. The monoisotopic (exact) mass is 358 g/mol. The third-order valence-corrected chi connectivity index (χ3v) is 4.21. The summed E-state index contributed by atoms with van der Waals surface area (Å²) in [6.45, 7) is 0.727. The zero-order chi connectivity index (χ0) is 18.5. The van der Waals surface area contributed by atoms with Gasteiger partial charge in [0.05, 0.1) is 18.4 Å². The maximum absolute atomic E-state index is 10.5. The van der Waals surface area contributed by atoms with E-state index in [1.165, 1.54) is 0 Å².